The molecule has 1 atom stereocenters. The number of nitrogens with zero attached hydrogens (tertiary/aromatic N) is 7. The summed E-state index contributed by atoms with van der Waals surface area (Å²) in [6.45, 7) is 3.68. The van der Waals surface area contributed by atoms with E-state index >= 15 is 0 Å². The minimum atomic E-state index is -0.373. The molecule has 26 heavy (non-hydrogen) atoms. The van der Waals surface area contributed by atoms with Crippen LogP contribution in [-0.4, -0.2) is 53.1 Å². The van der Waals surface area contributed by atoms with Gasteiger partial charge in [0, 0.05) is 24.5 Å². The number of hydrogen-bond acceptors (Lipinski definition) is 7. The number of rotatable bonds is 5. The summed E-state index contributed by atoms with van der Waals surface area (Å²) < 4.78 is 3.32. The van der Waals surface area contributed by atoms with Crippen molar-refractivity contribution in [3.63, 3.8) is 0 Å². The molecule has 1 unspecified atom stereocenters. The van der Waals surface area contributed by atoms with Gasteiger partial charge in [-0.25, -0.2) is 4.98 Å². The lowest BCUT2D eigenvalue weighted by molar-refractivity contribution is 0.102. The van der Waals surface area contributed by atoms with E-state index in [9.17, 15) is 4.79 Å². The van der Waals surface area contributed by atoms with Crippen LogP contribution in [-0.2, 0) is 6.54 Å². The van der Waals surface area contributed by atoms with Crippen molar-refractivity contribution in [2.24, 2.45) is 0 Å². The molecule has 10 heteroatoms. The molecule has 1 fully saturated rings. The van der Waals surface area contributed by atoms with Crippen molar-refractivity contribution in [3.8, 4) is 0 Å². The fraction of sp³-hybridized carbons (Fsp3) is 0.500. The van der Waals surface area contributed by atoms with Gasteiger partial charge in [0.15, 0.2) is 5.69 Å². The quantitative estimate of drug-likeness (QED) is 0.696. The molecule has 2 N–H and O–H groups in total. The third kappa shape index (κ3) is 3.54. The highest BCUT2D eigenvalue weighted by Gasteiger charge is 2.16. The molecular formula is C16H21N9O. The molecule has 1 aliphatic rings. The van der Waals surface area contributed by atoms with Crippen molar-refractivity contribution in [2.45, 2.75) is 45.2 Å². The lowest BCUT2D eigenvalue weighted by Gasteiger charge is -2.23. The second-order valence-electron chi connectivity index (χ2n) is 6.52. The Morgan fingerprint density at radius 3 is 3.12 bits per heavy atom. The normalized spacial score (nSPS) is 17.5. The molecule has 0 saturated carbocycles. The largest absolute Gasteiger partial charge is 0.314 e. The van der Waals surface area contributed by atoms with Gasteiger partial charge in [-0.1, -0.05) is 11.6 Å². The fourth-order valence-electron chi connectivity index (χ4n) is 3.10. The highest BCUT2D eigenvalue weighted by Crippen LogP contribution is 2.11. The van der Waals surface area contributed by atoms with Gasteiger partial charge in [-0.05, 0) is 38.8 Å². The summed E-state index contributed by atoms with van der Waals surface area (Å²) in [7, 11) is 0. The Balaban J connectivity index is 1.39. The third-order valence-electron chi connectivity index (χ3n) is 4.53. The van der Waals surface area contributed by atoms with E-state index in [-0.39, 0.29) is 11.6 Å². The summed E-state index contributed by atoms with van der Waals surface area (Å²) in [5, 5.41) is 22.1. The summed E-state index contributed by atoms with van der Waals surface area (Å²) >= 11 is 0. The molecule has 136 valence electrons. The summed E-state index contributed by atoms with van der Waals surface area (Å²) in [5.41, 5.74) is 1.08. The summed E-state index contributed by atoms with van der Waals surface area (Å²) in [6, 6.07) is 2.34. The first-order chi connectivity index (χ1) is 12.7. The number of amides is 1. The highest BCUT2D eigenvalue weighted by molar-refractivity contribution is 6.01. The number of carbonyl (C=O) groups excluding carboxylic acids is 1. The zero-order valence-electron chi connectivity index (χ0n) is 14.6. The summed E-state index contributed by atoms with van der Waals surface area (Å²) in [5.74, 6) is 0.365. The van der Waals surface area contributed by atoms with E-state index in [4.69, 9.17) is 0 Å². The van der Waals surface area contributed by atoms with E-state index < -0.39 is 0 Å². The van der Waals surface area contributed by atoms with Gasteiger partial charge in [0.25, 0.3) is 11.7 Å². The Morgan fingerprint density at radius 1 is 1.35 bits per heavy atom. The first-order valence-corrected chi connectivity index (χ1v) is 8.82. The lowest BCUT2D eigenvalue weighted by Crippen LogP contribution is -2.34. The molecule has 0 aliphatic carbocycles. The van der Waals surface area contributed by atoms with E-state index in [0.29, 0.717) is 17.8 Å². The van der Waals surface area contributed by atoms with Crippen molar-refractivity contribution in [1.82, 2.24) is 39.9 Å². The zero-order valence-corrected chi connectivity index (χ0v) is 14.6. The van der Waals surface area contributed by atoms with E-state index in [1.54, 1.807) is 21.5 Å². The van der Waals surface area contributed by atoms with Gasteiger partial charge in [0.2, 0.25) is 5.95 Å². The Hall–Kier alpha value is -2.88. The van der Waals surface area contributed by atoms with Crippen molar-refractivity contribution < 1.29 is 4.79 Å². The molecule has 10 nitrogen and oxygen atoms in total. The van der Waals surface area contributed by atoms with Crippen molar-refractivity contribution in [3.05, 3.63) is 29.8 Å². The van der Waals surface area contributed by atoms with Crippen LogP contribution in [0.25, 0.3) is 5.78 Å². The van der Waals surface area contributed by atoms with E-state index in [0.717, 1.165) is 25.2 Å². The predicted molar refractivity (Wildman–Crippen MR) is 93.8 cm³/mol. The standard InChI is InChI=1S/C16H21N9O/c1-11-5-9-25-15(18-11)21-22-16(25)19-14(26)13-10-24(23-20-13)8-6-12-4-2-3-7-17-12/h5,9-10,12,17H,2-4,6-8H2,1H3,(H,19,22,26). The SMILES string of the molecule is Cc1ccn2c(NC(=O)c3cn(CCC4CCCCN4)nn3)nnc2n1. The van der Waals surface area contributed by atoms with Crippen molar-refractivity contribution in [2.75, 3.05) is 11.9 Å². The Labute approximate surface area is 150 Å². The maximum atomic E-state index is 12.4. The maximum absolute atomic E-state index is 12.4. The van der Waals surface area contributed by atoms with Gasteiger partial charge < -0.3 is 5.32 Å². The number of piperidine rings is 1. The monoisotopic (exact) mass is 355 g/mol. The number of carbonyl (C=O) groups is 1. The van der Waals surface area contributed by atoms with Crippen LogP contribution in [0.4, 0.5) is 5.95 Å². The van der Waals surface area contributed by atoms with Crippen molar-refractivity contribution in [1.29, 1.82) is 0 Å². The van der Waals surface area contributed by atoms with E-state index in [1.165, 1.54) is 19.3 Å². The Bertz CT molecular complexity index is 909. The summed E-state index contributed by atoms with van der Waals surface area (Å²) in [6.07, 6.45) is 8.10. The van der Waals surface area contributed by atoms with E-state index in [1.807, 2.05) is 13.0 Å². The second kappa shape index (κ2) is 7.16. The van der Waals surface area contributed by atoms with Gasteiger partial charge in [0.05, 0.1) is 6.20 Å². The van der Waals surface area contributed by atoms with Crippen LogP contribution in [0.15, 0.2) is 18.5 Å². The molecule has 1 aliphatic heterocycles. The average Bonchev–Trinajstić information content (AvgIpc) is 3.28. The third-order valence-corrected chi connectivity index (χ3v) is 4.53. The minimum Gasteiger partial charge on any atom is -0.314 e. The first-order valence-electron chi connectivity index (χ1n) is 8.82. The van der Waals surface area contributed by atoms with Gasteiger partial charge in [-0.2, -0.15) is 0 Å². The van der Waals surface area contributed by atoms with Crippen molar-refractivity contribution >= 4 is 17.6 Å². The molecule has 1 saturated heterocycles. The highest BCUT2D eigenvalue weighted by atomic mass is 16.2. The van der Waals surface area contributed by atoms with Gasteiger partial charge in [-0.15, -0.1) is 15.3 Å². The molecule has 0 bridgehead atoms. The molecule has 1 amide bonds. The Kier molecular flexibility index (Phi) is 4.57. The van der Waals surface area contributed by atoms with Crippen LogP contribution < -0.4 is 10.6 Å². The Morgan fingerprint density at radius 2 is 2.27 bits per heavy atom. The molecule has 4 rings (SSSR count). The zero-order chi connectivity index (χ0) is 17.9. The van der Waals surface area contributed by atoms with Crippen LogP contribution in [0, 0.1) is 6.92 Å². The molecule has 0 radical (unpaired) electrons. The van der Waals surface area contributed by atoms with Crippen LogP contribution in [0.5, 0.6) is 0 Å². The number of nitrogens with one attached hydrogen (secondary N) is 2. The molecule has 0 spiro atoms. The van der Waals surface area contributed by atoms with Crippen LogP contribution in [0.1, 0.15) is 41.9 Å². The molecule has 0 aromatic carbocycles. The number of aromatic nitrogens is 7. The topological polar surface area (TPSA) is 115 Å². The molecule has 3 aromatic rings. The first kappa shape index (κ1) is 16.6. The fourth-order valence-corrected chi connectivity index (χ4v) is 3.10. The number of fused-ring (bicyclic) bond motifs is 1. The van der Waals surface area contributed by atoms with Crippen LogP contribution in [0.3, 0.4) is 0 Å². The van der Waals surface area contributed by atoms with Crippen LogP contribution >= 0.6 is 0 Å². The summed E-state index contributed by atoms with van der Waals surface area (Å²) in [4.78, 5) is 16.7. The van der Waals surface area contributed by atoms with Gasteiger partial charge >= 0.3 is 0 Å². The lowest BCUT2D eigenvalue weighted by atomic mass is 10.0. The smallest absolute Gasteiger partial charge is 0.280 e. The second-order valence-corrected chi connectivity index (χ2v) is 6.52. The number of anilines is 1. The average molecular weight is 355 g/mol. The van der Waals surface area contributed by atoms with Gasteiger partial charge in [-0.3, -0.25) is 19.2 Å². The number of aryl methyl sites for hydroxylation is 2. The maximum Gasteiger partial charge on any atom is 0.280 e. The molecule has 4 heterocycles. The van der Waals surface area contributed by atoms with Gasteiger partial charge in [0.1, 0.15) is 0 Å². The minimum absolute atomic E-state index is 0.249. The molecule has 3 aromatic heterocycles. The predicted octanol–water partition coefficient (Wildman–Crippen LogP) is 0.809. The van der Waals surface area contributed by atoms with Crippen LogP contribution in [0.2, 0.25) is 0 Å². The molecular weight excluding hydrogens is 334 g/mol. The van der Waals surface area contributed by atoms with E-state index in [2.05, 4.69) is 36.1 Å². The number of hydrogen-bond donors (Lipinski definition) is 2.